The molecule has 0 aromatic heterocycles. The van der Waals surface area contributed by atoms with Crippen molar-refractivity contribution >= 4 is 28.7 Å². The zero-order valence-electron chi connectivity index (χ0n) is 11.0. The Morgan fingerprint density at radius 1 is 0.895 bits per heavy atom. The van der Waals surface area contributed by atoms with Gasteiger partial charge >= 0.3 is 0 Å². The highest BCUT2D eigenvalue weighted by Gasteiger charge is 1.98. The molecule has 0 amide bonds. The summed E-state index contributed by atoms with van der Waals surface area (Å²) in [5, 5.41) is 6.94. The summed E-state index contributed by atoms with van der Waals surface area (Å²) in [6.07, 6.45) is 2.29. The van der Waals surface area contributed by atoms with Crippen LogP contribution in [0.5, 0.6) is 0 Å². The molecule has 2 aromatic rings. The second-order valence-corrected chi connectivity index (χ2v) is 4.80. The summed E-state index contributed by atoms with van der Waals surface area (Å²) in [6.45, 7) is 2.19. The quantitative estimate of drug-likeness (QED) is 0.803. The number of hydrogen-bond donors (Lipinski definition) is 2. The summed E-state index contributed by atoms with van der Waals surface area (Å²) in [6, 6.07) is 18.3. The van der Waals surface area contributed by atoms with E-state index >= 15 is 0 Å². The maximum Gasteiger partial charge on any atom is 0.175 e. The molecule has 19 heavy (non-hydrogen) atoms. The number of anilines is 2. The van der Waals surface area contributed by atoms with Crippen LogP contribution in [-0.2, 0) is 6.42 Å². The number of nitrogens with one attached hydrogen (secondary N) is 2. The topological polar surface area (TPSA) is 24.1 Å². The third-order valence-corrected chi connectivity index (χ3v) is 2.99. The van der Waals surface area contributed by atoms with E-state index in [2.05, 4.69) is 41.8 Å². The first-order valence-corrected chi connectivity index (χ1v) is 6.91. The van der Waals surface area contributed by atoms with Crippen molar-refractivity contribution in [1.29, 1.82) is 0 Å². The smallest absolute Gasteiger partial charge is 0.175 e. The predicted octanol–water partition coefficient (Wildman–Crippen LogP) is 4.45. The largest absolute Gasteiger partial charge is 0.332 e. The van der Waals surface area contributed by atoms with Crippen molar-refractivity contribution in [2.45, 2.75) is 19.8 Å². The van der Waals surface area contributed by atoms with Crippen LogP contribution in [0.2, 0.25) is 0 Å². The second kappa shape index (κ2) is 6.90. The van der Waals surface area contributed by atoms with E-state index in [1.807, 2.05) is 30.3 Å². The average Bonchev–Trinajstić information content (AvgIpc) is 2.42. The van der Waals surface area contributed by atoms with E-state index < -0.39 is 0 Å². The molecule has 0 aliphatic rings. The zero-order valence-corrected chi connectivity index (χ0v) is 11.8. The van der Waals surface area contributed by atoms with E-state index in [9.17, 15) is 0 Å². The molecule has 0 saturated carbocycles. The van der Waals surface area contributed by atoms with Crippen LogP contribution in [0.25, 0.3) is 0 Å². The van der Waals surface area contributed by atoms with Gasteiger partial charge in [0, 0.05) is 11.4 Å². The Morgan fingerprint density at radius 2 is 1.47 bits per heavy atom. The van der Waals surface area contributed by atoms with E-state index in [0.717, 1.165) is 17.8 Å². The summed E-state index contributed by atoms with van der Waals surface area (Å²) in [4.78, 5) is 0. The molecule has 0 spiro atoms. The van der Waals surface area contributed by atoms with Gasteiger partial charge in [-0.1, -0.05) is 43.7 Å². The van der Waals surface area contributed by atoms with E-state index in [4.69, 9.17) is 12.2 Å². The van der Waals surface area contributed by atoms with Crippen LogP contribution in [0, 0.1) is 0 Å². The van der Waals surface area contributed by atoms with Gasteiger partial charge in [0.1, 0.15) is 0 Å². The third-order valence-electron chi connectivity index (χ3n) is 2.78. The average molecular weight is 270 g/mol. The van der Waals surface area contributed by atoms with Gasteiger partial charge in [0.15, 0.2) is 5.11 Å². The van der Waals surface area contributed by atoms with Crippen LogP contribution in [0.3, 0.4) is 0 Å². The molecule has 0 heterocycles. The molecule has 0 saturated heterocycles. The first-order valence-electron chi connectivity index (χ1n) is 6.50. The van der Waals surface area contributed by atoms with Gasteiger partial charge < -0.3 is 10.6 Å². The summed E-state index contributed by atoms with van der Waals surface area (Å²) in [5.74, 6) is 0. The minimum absolute atomic E-state index is 0.606. The predicted molar refractivity (Wildman–Crippen MR) is 86.7 cm³/mol. The second-order valence-electron chi connectivity index (χ2n) is 4.39. The minimum atomic E-state index is 0.606. The molecule has 2 N–H and O–H groups in total. The standard InChI is InChI=1S/C16H18N2S/c1-2-6-13-9-11-15(12-10-13)18-16(19)17-14-7-4-3-5-8-14/h3-5,7-12H,2,6H2,1H3,(H2,17,18,19). The molecular weight excluding hydrogens is 252 g/mol. The molecular formula is C16H18N2S. The molecule has 0 atom stereocenters. The van der Waals surface area contributed by atoms with Gasteiger partial charge in [0.05, 0.1) is 0 Å². The van der Waals surface area contributed by atoms with Gasteiger partial charge in [-0.3, -0.25) is 0 Å². The third kappa shape index (κ3) is 4.38. The van der Waals surface area contributed by atoms with Crippen LogP contribution in [0.15, 0.2) is 54.6 Å². The Labute approximate surface area is 119 Å². The molecule has 0 unspecified atom stereocenters. The fraction of sp³-hybridized carbons (Fsp3) is 0.188. The highest BCUT2D eigenvalue weighted by Crippen LogP contribution is 2.12. The summed E-state index contributed by atoms with van der Waals surface area (Å²) >= 11 is 5.28. The SMILES string of the molecule is CCCc1ccc(NC(=S)Nc2ccccc2)cc1. The van der Waals surface area contributed by atoms with E-state index in [1.54, 1.807) is 0 Å². The van der Waals surface area contributed by atoms with Crippen molar-refractivity contribution in [2.24, 2.45) is 0 Å². The molecule has 2 rings (SSSR count). The van der Waals surface area contributed by atoms with Crippen molar-refractivity contribution in [3.63, 3.8) is 0 Å². The van der Waals surface area contributed by atoms with Gasteiger partial charge in [-0.25, -0.2) is 0 Å². The van der Waals surface area contributed by atoms with Crippen LogP contribution >= 0.6 is 12.2 Å². The highest BCUT2D eigenvalue weighted by molar-refractivity contribution is 7.80. The van der Waals surface area contributed by atoms with E-state index in [-0.39, 0.29) is 0 Å². The Kier molecular flexibility index (Phi) is 4.93. The van der Waals surface area contributed by atoms with E-state index in [0.29, 0.717) is 5.11 Å². The van der Waals surface area contributed by atoms with Crippen LogP contribution in [0.4, 0.5) is 11.4 Å². The molecule has 2 aromatic carbocycles. The number of thiocarbonyl (C=S) groups is 1. The zero-order chi connectivity index (χ0) is 13.5. The molecule has 0 fully saturated rings. The number of aryl methyl sites for hydroxylation is 1. The molecule has 0 aliphatic carbocycles. The number of hydrogen-bond acceptors (Lipinski definition) is 1. The maximum atomic E-state index is 5.28. The summed E-state index contributed by atoms with van der Waals surface area (Å²) < 4.78 is 0. The van der Waals surface area contributed by atoms with Crippen molar-refractivity contribution in [3.8, 4) is 0 Å². The van der Waals surface area contributed by atoms with Gasteiger partial charge in [0.25, 0.3) is 0 Å². The fourth-order valence-corrected chi connectivity index (χ4v) is 2.09. The lowest BCUT2D eigenvalue weighted by atomic mass is 10.1. The molecule has 0 bridgehead atoms. The first kappa shape index (κ1) is 13.6. The number of para-hydroxylation sites is 1. The van der Waals surface area contributed by atoms with E-state index in [1.165, 1.54) is 12.0 Å². The minimum Gasteiger partial charge on any atom is -0.332 e. The Hall–Kier alpha value is -1.87. The van der Waals surface area contributed by atoms with Crippen molar-refractivity contribution in [3.05, 3.63) is 60.2 Å². The van der Waals surface area contributed by atoms with Gasteiger partial charge in [0.2, 0.25) is 0 Å². The van der Waals surface area contributed by atoms with Gasteiger partial charge in [-0.15, -0.1) is 0 Å². The maximum absolute atomic E-state index is 5.28. The summed E-state index contributed by atoms with van der Waals surface area (Å²) in [5.41, 5.74) is 3.35. The van der Waals surface area contributed by atoms with Crippen LogP contribution in [0.1, 0.15) is 18.9 Å². The molecule has 2 nitrogen and oxygen atoms in total. The van der Waals surface area contributed by atoms with Crippen molar-refractivity contribution in [2.75, 3.05) is 10.6 Å². The number of benzene rings is 2. The highest BCUT2D eigenvalue weighted by atomic mass is 32.1. The van der Waals surface area contributed by atoms with Crippen molar-refractivity contribution < 1.29 is 0 Å². The molecule has 0 radical (unpaired) electrons. The normalized spacial score (nSPS) is 9.95. The Morgan fingerprint density at radius 3 is 2.05 bits per heavy atom. The lowest BCUT2D eigenvalue weighted by molar-refractivity contribution is 0.922. The number of rotatable bonds is 4. The van der Waals surface area contributed by atoms with Crippen molar-refractivity contribution in [1.82, 2.24) is 0 Å². The van der Waals surface area contributed by atoms with Gasteiger partial charge in [-0.2, -0.15) is 0 Å². The Bertz CT molecular complexity index is 520. The van der Waals surface area contributed by atoms with Crippen LogP contribution < -0.4 is 10.6 Å². The lowest BCUT2D eigenvalue weighted by Gasteiger charge is -2.10. The molecule has 3 heteroatoms. The first-order chi connectivity index (χ1) is 9.28. The fourth-order valence-electron chi connectivity index (χ4n) is 1.86. The van der Waals surface area contributed by atoms with Gasteiger partial charge in [-0.05, 0) is 48.5 Å². The lowest BCUT2D eigenvalue weighted by Crippen LogP contribution is -2.18. The Balaban J connectivity index is 1.91. The molecule has 0 aliphatic heterocycles. The molecule has 98 valence electrons. The monoisotopic (exact) mass is 270 g/mol. The van der Waals surface area contributed by atoms with Crippen LogP contribution in [-0.4, -0.2) is 5.11 Å². The summed E-state index contributed by atoms with van der Waals surface area (Å²) in [7, 11) is 0.